The lowest BCUT2D eigenvalue weighted by Gasteiger charge is -2.14. The topological polar surface area (TPSA) is 63.6 Å². The van der Waals surface area contributed by atoms with E-state index < -0.39 is 15.9 Å². The maximum absolute atomic E-state index is 11.3. The second-order valence-electron chi connectivity index (χ2n) is 4.59. The van der Waals surface area contributed by atoms with Crippen molar-refractivity contribution in [2.75, 3.05) is 12.9 Å². The average Bonchev–Trinajstić information content (AvgIpc) is 2.45. The van der Waals surface area contributed by atoms with Gasteiger partial charge in [0.25, 0.3) is 0 Å². The first-order chi connectivity index (χ1) is 9.88. The van der Waals surface area contributed by atoms with Crippen molar-refractivity contribution in [2.45, 2.75) is 11.0 Å². The van der Waals surface area contributed by atoms with Crippen LogP contribution in [0.3, 0.4) is 0 Å². The van der Waals surface area contributed by atoms with E-state index in [1.807, 2.05) is 0 Å². The Hall–Kier alpha value is -1.56. The summed E-state index contributed by atoms with van der Waals surface area (Å²) in [6.45, 7) is 0.0297. The molecule has 0 aliphatic rings. The summed E-state index contributed by atoms with van der Waals surface area (Å²) in [5, 5.41) is 10.5. The molecule has 21 heavy (non-hydrogen) atoms. The van der Waals surface area contributed by atoms with E-state index in [4.69, 9.17) is 16.3 Å². The van der Waals surface area contributed by atoms with Crippen LogP contribution in [0, 0.1) is 0 Å². The van der Waals surface area contributed by atoms with Gasteiger partial charge in [0.15, 0.2) is 9.84 Å². The Morgan fingerprint density at radius 2 is 1.76 bits per heavy atom. The predicted octanol–water partition coefficient (Wildman–Crippen LogP) is 2.86. The van der Waals surface area contributed by atoms with Crippen LogP contribution < -0.4 is 4.74 Å². The van der Waals surface area contributed by atoms with Gasteiger partial charge in [-0.2, -0.15) is 0 Å². The summed E-state index contributed by atoms with van der Waals surface area (Å²) < 4.78 is 28.1. The normalized spacial score (nSPS) is 12.9. The molecular weight excluding hydrogens is 312 g/mol. The van der Waals surface area contributed by atoms with Crippen molar-refractivity contribution in [3.8, 4) is 5.75 Å². The first-order valence-corrected chi connectivity index (χ1v) is 8.50. The summed E-state index contributed by atoms with van der Waals surface area (Å²) in [5.41, 5.74) is 0.590. The number of sulfone groups is 1. The second-order valence-corrected chi connectivity index (χ2v) is 7.01. The first-order valence-electron chi connectivity index (χ1n) is 6.23. The van der Waals surface area contributed by atoms with E-state index in [1.54, 1.807) is 36.4 Å². The molecule has 4 nitrogen and oxygen atoms in total. The Morgan fingerprint density at radius 1 is 1.14 bits per heavy atom. The van der Waals surface area contributed by atoms with Gasteiger partial charge in [0.05, 0.1) is 4.90 Å². The average molecular weight is 327 g/mol. The van der Waals surface area contributed by atoms with Crippen LogP contribution in [0.2, 0.25) is 5.02 Å². The number of rotatable bonds is 5. The molecule has 1 unspecified atom stereocenters. The number of halogens is 1. The summed E-state index contributed by atoms with van der Waals surface area (Å²) >= 11 is 5.99. The molecular formula is C15H15ClO4S. The van der Waals surface area contributed by atoms with Gasteiger partial charge in [0, 0.05) is 16.8 Å². The molecule has 0 aliphatic carbocycles. The summed E-state index contributed by atoms with van der Waals surface area (Å²) in [7, 11) is -3.22. The van der Waals surface area contributed by atoms with Crippen LogP contribution in [0.4, 0.5) is 0 Å². The van der Waals surface area contributed by atoms with Crippen molar-refractivity contribution >= 4 is 21.4 Å². The maximum Gasteiger partial charge on any atom is 0.175 e. The standard InChI is InChI=1S/C15H15ClO4S/c1-21(18,19)12-8-6-11(7-9-12)20-10-15(17)13-4-2-3-5-14(13)16/h2-9,15,17H,10H2,1H3. The third kappa shape index (κ3) is 4.20. The van der Waals surface area contributed by atoms with Gasteiger partial charge in [-0.05, 0) is 30.3 Å². The summed E-state index contributed by atoms with van der Waals surface area (Å²) in [6, 6.07) is 13.0. The Balaban J connectivity index is 2.02. The fourth-order valence-corrected chi connectivity index (χ4v) is 2.69. The van der Waals surface area contributed by atoms with Gasteiger partial charge in [-0.15, -0.1) is 0 Å². The highest BCUT2D eigenvalue weighted by molar-refractivity contribution is 7.90. The van der Waals surface area contributed by atoms with E-state index in [0.717, 1.165) is 6.26 Å². The van der Waals surface area contributed by atoms with Gasteiger partial charge in [0.1, 0.15) is 18.5 Å². The fraction of sp³-hybridized carbons (Fsp3) is 0.200. The summed E-state index contributed by atoms with van der Waals surface area (Å²) in [5.74, 6) is 0.480. The summed E-state index contributed by atoms with van der Waals surface area (Å²) in [6.07, 6.45) is 0.289. The van der Waals surface area contributed by atoms with Crippen molar-refractivity contribution < 1.29 is 18.3 Å². The van der Waals surface area contributed by atoms with E-state index in [1.165, 1.54) is 12.1 Å². The molecule has 6 heteroatoms. The Bertz CT molecular complexity index is 711. The minimum absolute atomic E-state index is 0.0297. The molecule has 0 radical (unpaired) electrons. The van der Waals surface area contributed by atoms with Gasteiger partial charge in [-0.1, -0.05) is 29.8 Å². The molecule has 0 saturated carbocycles. The van der Waals surface area contributed by atoms with Gasteiger partial charge in [-0.25, -0.2) is 8.42 Å². The molecule has 2 rings (SSSR count). The molecule has 0 heterocycles. The summed E-state index contributed by atoms with van der Waals surface area (Å²) in [4.78, 5) is 0.224. The van der Waals surface area contributed by atoms with Crippen molar-refractivity contribution in [2.24, 2.45) is 0 Å². The van der Waals surface area contributed by atoms with Crippen LogP contribution in [0.1, 0.15) is 11.7 Å². The lowest BCUT2D eigenvalue weighted by Crippen LogP contribution is -2.10. The minimum Gasteiger partial charge on any atom is -0.491 e. The monoisotopic (exact) mass is 326 g/mol. The predicted molar refractivity (Wildman–Crippen MR) is 81.5 cm³/mol. The van der Waals surface area contributed by atoms with E-state index in [0.29, 0.717) is 16.3 Å². The number of hydrogen-bond acceptors (Lipinski definition) is 4. The minimum atomic E-state index is -3.22. The molecule has 0 aromatic heterocycles. The van der Waals surface area contributed by atoms with Crippen molar-refractivity contribution in [3.05, 3.63) is 59.1 Å². The zero-order valence-corrected chi connectivity index (χ0v) is 12.9. The molecule has 112 valence electrons. The smallest absolute Gasteiger partial charge is 0.175 e. The molecule has 0 amide bonds. The van der Waals surface area contributed by atoms with Crippen LogP contribution in [-0.2, 0) is 9.84 Å². The highest BCUT2D eigenvalue weighted by atomic mass is 35.5. The molecule has 0 spiro atoms. The maximum atomic E-state index is 11.3. The first kappa shape index (κ1) is 15.8. The third-order valence-corrected chi connectivity index (χ3v) is 4.40. The van der Waals surface area contributed by atoms with Crippen LogP contribution in [0.5, 0.6) is 5.75 Å². The Labute approximate surface area is 128 Å². The zero-order chi connectivity index (χ0) is 15.5. The molecule has 0 fully saturated rings. The number of aliphatic hydroxyl groups excluding tert-OH is 1. The number of benzene rings is 2. The van der Waals surface area contributed by atoms with Crippen LogP contribution in [-0.4, -0.2) is 26.4 Å². The van der Waals surface area contributed by atoms with E-state index in [9.17, 15) is 13.5 Å². The van der Waals surface area contributed by atoms with Crippen LogP contribution in [0.25, 0.3) is 0 Å². The Kier molecular flexibility index (Phi) is 4.88. The van der Waals surface area contributed by atoms with Gasteiger partial charge < -0.3 is 9.84 Å². The van der Waals surface area contributed by atoms with Gasteiger partial charge in [0.2, 0.25) is 0 Å². The largest absolute Gasteiger partial charge is 0.491 e. The fourth-order valence-electron chi connectivity index (χ4n) is 1.79. The van der Waals surface area contributed by atoms with Gasteiger partial charge >= 0.3 is 0 Å². The highest BCUT2D eigenvalue weighted by Gasteiger charge is 2.12. The SMILES string of the molecule is CS(=O)(=O)c1ccc(OCC(O)c2ccccc2Cl)cc1. The molecule has 0 saturated heterocycles. The van der Waals surface area contributed by atoms with Crippen molar-refractivity contribution in [1.29, 1.82) is 0 Å². The molecule has 1 N–H and O–H groups in total. The van der Waals surface area contributed by atoms with E-state index in [2.05, 4.69) is 0 Å². The Morgan fingerprint density at radius 3 is 2.33 bits per heavy atom. The lowest BCUT2D eigenvalue weighted by atomic mass is 10.1. The quantitative estimate of drug-likeness (QED) is 0.917. The van der Waals surface area contributed by atoms with Crippen molar-refractivity contribution in [1.82, 2.24) is 0 Å². The molecule has 0 aliphatic heterocycles. The molecule has 2 aromatic carbocycles. The zero-order valence-electron chi connectivity index (χ0n) is 11.4. The van der Waals surface area contributed by atoms with Crippen LogP contribution >= 0.6 is 11.6 Å². The van der Waals surface area contributed by atoms with Gasteiger partial charge in [-0.3, -0.25) is 0 Å². The van der Waals surface area contributed by atoms with E-state index in [-0.39, 0.29) is 11.5 Å². The third-order valence-electron chi connectivity index (χ3n) is 2.92. The molecule has 1 atom stereocenters. The van der Waals surface area contributed by atoms with Crippen LogP contribution in [0.15, 0.2) is 53.4 Å². The number of aliphatic hydroxyl groups is 1. The van der Waals surface area contributed by atoms with Crippen molar-refractivity contribution in [3.63, 3.8) is 0 Å². The lowest BCUT2D eigenvalue weighted by molar-refractivity contribution is 0.108. The highest BCUT2D eigenvalue weighted by Crippen LogP contribution is 2.24. The van der Waals surface area contributed by atoms with E-state index >= 15 is 0 Å². The number of hydrogen-bond donors (Lipinski definition) is 1. The molecule has 0 bridgehead atoms. The number of ether oxygens (including phenoxy) is 1. The molecule has 2 aromatic rings. The second kappa shape index (κ2) is 6.47.